The number of ether oxygens (including phenoxy) is 1. The largest absolute Gasteiger partial charge is 0.445 e. The second-order valence-electron chi connectivity index (χ2n) is 7.88. The zero-order valence-corrected chi connectivity index (χ0v) is 19.0. The first-order valence-corrected chi connectivity index (χ1v) is 11.5. The molecule has 164 valence electrons. The van der Waals surface area contributed by atoms with Gasteiger partial charge in [-0.15, -0.1) is 0 Å². The van der Waals surface area contributed by atoms with Crippen LogP contribution in [-0.4, -0.2) is 40.9 Å². The van der Waals surface area contributed by atoms with E-state index in [1.165, 1.54) is 0 Å². The average molecular weight is 495 g/mol. The molecule has 2 aliphatic heterocycles. The Kier molecular flexibility index (Phi) is 5.94. The molecule has 0 spiro atoms. The van der Waals surface area contributed by atoms with E-state index >= 15 is 0 Å². The number of hydrogen-bond donors (Lipinski definition) is 1. The Balaban J connectivity index is 1.21. The molecule has 3 aromatic rings. The highest BCUT2D eigenvalue weighted by atomic mass is 79.9. The smallest absolute Gasteiger partial charge is 0.410 e. The lowest BCUT2D eigenvalue weighted by Gasteiger charge is -2.24. The number of nitrogens with one attached hydrogen (secondary N) is 1. The molecule has 1 saturated heterocycles. The lowest BCUT2D eigenvalue weighted by Crippen LogP contribution is -2.45. The molecule has 1 fully saturated rings. The minimum atomic E-state index is -0.307. The monoisotopic (exact) mass is 494 g/mol. The molecule has 2 atom stereocenters. The summed E-state index contributed by atoms with van der Waals surface area (Å²) in [6.45, 7) is 1.45. The van der Waals surface area contributed by atoms with Gasteiger partial charge in [0, 0.05) is 16.6 Å². The van der Waals surface area contributed by atoms with E-state index in [9.17, 15) is 4.79 Å². The number of carbonyl (C=O) groups is 1. The highest BCUT2D eigenvalue weighted by Gasteiger charge is 2.37. The fourth-order valence-corrected chi connectivity index (χ4v) is 4.33. The van der Waals surface area contributed by atoms with Gasteiger partial charge < -0.3 is 14.5 Å². The number of aromatic nitrogens is 1. The number of likely N-dealkylation sites (tertiary alicyclic amines) is 1. The van der Waals surface area contributed by atoms with Crippen LogP contribution in [0.1, 0.15) is 30.3 Å². The van der Waals surface area contributed by atoms with Crippen molar-refractivity contribution in [2.45, 2.75) is 31.5 Å². The number of oxazole rings is 1. The zero-order chi connectivity index (χ0) is 21.9. The van der Waals surface area contributed by atoms with E-state index in [1.807, 2.05) is 54.6 Å². The van der Waals surface area contributed by atoms with Crippen LogP contribution in [0, 0.1) is 0 Å². The van der Waals surface area contributed by atoms with E-state index in [-0.39, 0.29) is 24.8 Å². The van der Waals surface area contributed by atoms with Crippen LogP contribution >= 0.6 is 15.9 Å². The van der Waals surface area contributed by atoms with Gasteiger partial charge in [0.05, 0.1) is 18.8 Å². The van der Waals surface area contributed by atoms with Crippen LogP contribution in [0.5, 0.6) is 0 Å². The molecule has 0 bridgehead atoms. The van der Waals surface area contributed by atoms with Gasteiger partial charge >= 0.3 is 6.09 Å². The van der Waals surface area contributed by atoms with E-state index in [4.69, 9.17) is 9.15 Å². The first-order valence-electron chi connectivity index (χ1n) is 10.7. The second kappa shape index (κ2) is 9.16. The van der Waals surface area contributed by atoms with Crippen molar-refractivity contribution in [3.63, 3.8) is 0 Å². The summed E-state index contributed by atoms with van der Waals surface area (Å²) in [4.78, 5) is 23.6. The molecule has 5 rings (SSSR count). The summed E-state index contributed by atoms with van der Waals surface area (Å²) in [6.07, 6.45) is 3.21. The number of nitrogens with zero attached hydrogens (tertiary/aromatic N) is 3. The van der Waals surface area contributed by atoms with Gasteiger partial charge in [-0.2, -0.15) is 0 Å². The third-order valence-electron chi connectivity index (χ3n) is 5.72. The first-order chi connectivity index (χ1) is 15.7. The summed E-state index contributed by atoms with van der Waals surface area (Å²) < 4.78 is 12.6. The number of halogens is 1. The van der Waals surface area contributed by atoms with Crippen molar-refractivity contribution in [1.82, 2.24) is 15.2 Å². The van der Waals surface area contributed by atoms with E-state index < -0.39 is 0 Å². The summed E-state index contributed by atoms with van der Waals surface area (Å²) in [5.74, 6) is 2.11. The van der Waals surface area contributed by atoms with Gasteiger partial charge in [0.15, 0.2) is 5.76 Å². The maximum atomic E-state index is 12.7. The predicted octanol–water partition coefficient (Wildman–Crippen LogP) is 4.95. The fourth-order valence-electron chi connectivity index (χ4n) is 4.07. The molecule has 2 aliphatic rings. The molecular formula is C24H23BrN4O3. The molecule has 1 unspecified atom stereocenters. The summed E-state index contributed by atoms with van der Waals surface area (Å²) in [5, 5.41) is 3.42. The lowest BCUT2D eigenvalue weighted by atomic mass is 10.2. The van der Waals surface area contributed by atoms with Gasteiger partial charge in [-0.3, -0.25) is 9.89 Å². The molecular weight excluding hydrogens is 472 g/mol. The van der Waals surface area contributed by atoms with Crippen molar-refractivity contribution in [3.05, 3.63) is 76.7 Å². The number of aliphatic imine (C=N–C) groups is 1. The van der Waals surface area contributed by atoms with Crippen molar-refractivity contribution in [3.8, 4) is 11.3 Å². The number of carbonyl (C=O) groups excluding carboxylic acids is 1. The number of amides is 1. The van der Waals surface area contributed by atoms with Gasteiger partial charge in [-0.25, -0.2) is 9.78 Å². The molecule has 2 aromatic carbocycles. The lowest BCUT2D eigenvalue weighted by molar-refractivity contribution is 0.0990. The minimum Gasteiger partial charge on any atom is -0.445 e. The van der Waals surface area contributed by atoms with Crippen LogP contribution in [-0.2, 0) is 11.3 Å². The van der Waals surface area contributed by atoms with Gasteiger partial charge in [0.25, 0.3) is 0 Å². The molecule has 1 aromatic heterocycles. The van der Waals surface area contributed by atoms with Crippen molar-refractivity contribution >= 4 is 27.9 Å². The third kappa shape index (κ3) is 4.41. The maximum absolute atomic E-state index is 12.7. The molecule has 32 heavy (non-hydrogen) atoms. The Morgan fingerprint density at radius 3 is 2.81 bits per heavy atom. The third-order valence-corrected chi connectivity index (χ3v) is 6.25. The predicted molar refractivity (Wildman–Crippen MR) is 124 cm³/mol. The van der Waals surface area contributed by atoms with Crippen LogP contribution in [0.25, 0.3) is 11.3 Å². The highest BCUT2D eigenvalue weighted by Crippen LogP contribution is 2.28. The second-order valence-corrected chi connectivity index (χ2v) is 8.80. The van der Waals surface area contributed by atoms with Gasteiger partial charge in [-0.1, -0.05) is 58.4 Å². The summed E-state index contributed by atoms with van der Waals surface area (Å²) >= 11 is 3.44. The van der Waals surface area contributed by atoms with E-state index in [0.29, 0.717) is 19.0 Å². The van der Waals surface area contributed by atoms with E-state index in [1.54, 1.807) is 11.1 Å². The molecule has 8 heteroatoms. The van der Waals surface area contributed by atoms with Crippen molar-refractivity contribution in [1.29, 1.82) is 0 Å². The van der Waals surface area contributed by atoms with Crippen LogP contribution < -0.4 is 5.32 Å². The van der Waals surface area contributed by atoms with Crippen molar-refractivity contribution in [2.75, 3.05) is 13.1 Å². The molecule has 0 saturated carbocycles. The molecule has 1 amide bonds. The number of benzene rings is 2. The van der Waals surface area contributed by atoms with Crippen molar-refractivity contribution in [2.24, 2.45) is 4.99 Å². The standard InChI is InChI=1S/C24H23BrN4O3/c25-18-10-8-17(9-11-18)21-14-27-23(32-21)19-13-26-22(28-19)20-7-4-12-29(20)24(30)31-15-16-5-2-1-3-6-16/h1-3,5-6,8-11,14,19-20H,4,7,12-13,15H2,(H,26,28)/t19?,20-/m0/s1. The normalized spacial score (nSPS) is 20.2. The number of rotatable bonds is 5. The highest BCUT2D eigenvalue weighted by molar-refractivity contribution is 9.10. The van der Waals surface area contributed by atoms with Crippen LogP contribution in [0.2, 0.25) is 0 Å². The van der Waals surface area contributed by atoms with Crippen molar-refractivity contribution < 1.29 is 13.9 Å². The molecule has 7 nitrogen and oxygen atoms in total. The maximum Gasteiger partial charge on any atom is 0.410 e. The Morgan fingerprint density at radius 1 is 1.19 bits per heavy atom. The van der Waals surface area contributed by atoms with Gasteiger partial charge in [0.1, 0.15) is 18.5 Å². The minimum absolute atomic E-state index is 0.107. The Hall–Kier alpha value is -3.13. The fraction of sp³-hybridized carbons (Fsp3) is 0.292. The average Bonchev–Trinajstić information content (AvgIpc) is 3.58. The first kappa shape index (κ1) is 20.8. The van der Waals surface area contributed by atoms with E-state index in [2.05, 4.69) is 31.2 Å². The van der Waals surface area contributed by atoms with E-state index in [0.717, 1.165) is 40.0 Å². The Bertz CT molecular complexity index is 1110. The summed E-state index contributed by atoms with van der Waals surface area (Å²) in [5.41, 5.74) is 1.94. The SMILES string of the molecule is O=C(OCc1ccccc1)N1CCC[C@H]1C1=NCC(c2ncc(-c3ccc(Br)cc3)o2)N1. The van der Waals surface area contributed by atoms with Crippen LogP contribution in [0.4, 0.5) is 4.79 Å². The summed E-state index contributed by atoms with van der Waals surface area (Å²) in [6, 6.07) is 17.4. The topological polar surface area (TPSA) is 80.0 Å². The molecule has 1 N–H and O–H groups in total. The Morgan fingerprint density at radius 2 is 2.00 bits per heavy atom. The Labute approximate surface area is 194 Å². The van der Waals surface area contributed by atoms with Gasteiger partial charge in [0.2, 0.25) is 5.89 Å². The van der Waals surface area contributed by atoms with Crippen LogP contribution in [0.15, 0.2) is 74.7 Å². The number of hydrogen-bond acceptors (Lipinski definition) is 6. The van der Waals surface area contributed by atoms with Gasteiger partial charge in [-0.05, 0) is 30.5 Å². The zero-order valence-electron chi connectivity index (χ0n) is 17.4. The van der Waals surface area contributed by atoms with Crippen LogP contribution in [0.3, 0.4) is 0 Å². The quantitative estimate of drug-likeness (QED) is 0.542. The molecule has 0 aliphatic carbocycles. The molecule has 3 heterocycles. The molecule has 0 radical (unpaired) electrons. The summed E-state index contributed by atoms with van der Waals surface area (Å²) in [7, 11) is 0. The number of amidine groups is 1.